The SMILES string of the molecule is COc1cc(OC)cc(N(CC(O)C(C)(F)F)c2ccc3ncc(-c4cnn(C)c4)nc3c2)c1. The van der Waals surface area contributed by atoms with Gasteiger partial charge >= 0.3 is 0 Å². The minimum Gasteiger partial charge on any atom is -0.497 e. The Morgan fingerprint density at radius 1 is 1.03 bits per heavy atom. The van der Waals surface area contributed by atoms with Gasteiger partial charge in [-0.05, 0) is 18.2 Å². The number of nitrogens with zero attached hydrogens (tertiary/aromatic N) is 5. The molecule has 0 aliphatic carbocycles. The number of aromatic nitrogens is 4. The summed E-state index contributed by atoms with van der Waals surface area (Å²) in [6.45, 7) is 0.315. The maximum atomic E-state index is 13.9. The molecule has 4 rings (SSSR count). The van der Waals surface area contributed by atoms with E-state index < -0.39 is 12.0 Å². The maximum absolute atomic E-state index is 13.9. The van der Waals surface area contributed by atoms with Gasteiger partial charge in [-0.15, -0.1) is 0 Å². The average Bonchev–Trinajstić information content (AvgIpc) is 3.26. The third-order valence-electron chi connectivity index (χ3n) is 5.43. The zero-order chi connectivity index (χ0) is 24.5. The van der Waals surface area contributed by atoms with Gasteiger partial charge in [0.25, 0.3) is 5.92 Å². The largest absolute Gasteiger partial charge is 0.497 e. The second kappa shape index (κ2) is 9.22. The van der Waals surface area contributed by atoms with Crippen molar-refractivity contribution in [3.05, 3.63) is 55.0 Å². The van der Waals surface area contributed by atoms with Crippen LogP contribution in [-0.4, -0.2) is 57.6 Å². The van der Waals surface area contributed by atoms with Crippen LogP contribution in [0.2, 0.25) is 0 Å². The number of fused-ring (bicyclic) bond motifs is 1. The first kappa shape index (κ1) is 23.4. The van der Waals surface area contributed by atoms with Gasteiger partial charge in [-0.25, -0.2) is 13.8 Å². The summed E-state index contributed by atoms with van der Waals surface area (Å²) in [5.41, 5.74) is 3.70. The lowest BCUT2D eigenvalue weighted by Crippen LogP contribution is -2.40. The van der Waals surface area contributed by atoms with Crippen molar-refractivity contribution in [2.24, 2.45) is 7.05 Å². The molecule has 10 heteroatoms. The van der Waals surface area contributed by atoms with Crippen LogP contribution in [0.25, 0.3) is 22.3 Å². The Morgan fingerprint density at radius 3 is 2.32 bits per heavy atom. The second-order valence-electron chi connectivity index (χ2n) is 7.98. The molecule has 0 aliphatic heterocycles. The monoisotopic (exact) mass is 469 g/mol. The lowest BCUT2D eigenvalue weighted by Gasteiger charge is -2.30. The number of halogens is 2. The smallest absolute Gasteiger partial charge is 0.272 e. The molecule has 8 nitrogen and oxygen atoms in total. The summed E-state index contributed by atoms with van der Waals surface area (Å²) < 4.78 is 40.2. The summed E-state index contributed by atoms with van der Waals surface area (Å²) in [7, 11) is 4.82. The summed E-state index contributed by atoms with van der Waals surface area (Å²) >= 11 is 0. The van der Waals surface area contributed by atoms with Gasteiger partial charge < -0.3 is 19.5 Å². The van der Waals surface area contributed by atoms with E-state index in [0.717, 1.165) is 5.56 Å². The number of aliphatic hydroxyl groups is 1. The van der Waals surface area contributed by atoms with E-state index in [2.05, 4.69) is 15.1 Å². The number of ether oxygens (including phenoxy) is 2. The summed E-state index contributed by atoms with van der Waals surface area (Å²) in [5.74, 6) is -2.33. The molecule has 4 aromatic rings. The Hall–Kier alpha value is -3.79. The van der Waals surface area contributed by atoms with Crippen LogP contribution in [0.5, 0.6) is 11.5 Å². The van der Waals surface area contributed by atoms with Crippen LogP contribution in [0, 0.1) is 0 Å². The number of hydrogen-bond acceptors (Lipinski definition) is 7. The van der Waals surface area contributed by atoms with Crippen molar-refractivity contribution in [2.45, 2.75) is 19.0 Å². The van der Waals surface area contributed by atoms with Crippen molar-refractivity contribution in [1.82, 2.24) is 19.7 Å². The van der Waals surface area contributed by atoms with Gasteiger partial charge in [0, 0.05) is 55.3 Å². The summed E-state index contributed by atoms with van der Waals surface area (Å²) in [4.78, 5) is 10.7. The molecule has 0 bridgehead atoms. The average molecular weight is 469 g/mol. The van der Waals surface area contributed by atoms with Crippen LogP contribution in [0.4, 0.5) is 20.2 Å². The highest BCUT2D eigenvalue weighted by Gasteiger charge is 2.34. The number of aryl methyl sites for hydroxylation is 1. The molecule has 2 aromatic heterocycles. The van der Waals surface area contributed by atoms with E-state index in [1.165, 1.54) is 14.2 Å². The van der Waals surface area contributed by atoms with E-state index >= 15 is 0 Å². The molecule has 1 unspecified atom stereocenters. The van der Waals surface area contributed by atoms with Gasteiger partial charge in [0.05, 0.1) is 49.9 Å². The Balaban J connectivity index is 1.82. The lowest BCUT2D eigenvalue weighted by molar-refractivity contribution is -0.0878. The van der Waals surface area contributed by atoms with E-state index in [1.54, 1.807) is 58.4 Å². The number of benzene rings is 2. The Morgan fingerprint density at radius 2 is 1.74 bits per heavy atom. The Bertz CT molecular complexity index is 1280. The van der Waals surface area contributed by atoms with Crippen LogP contribution in [0.15, 0.2) is 55.0 Å². The van der Waals surface area contributed by atoms with Gasteiger partial charge in [0.15, 0.2) is 0 Å². The first-order valence-electron chi connectivity index (χ1n) is 10.5. The van der Waals surface area contributed by atoms with Crippen molar-refractivity contribution in [1.29, 1.82) is 0 Å². The van der Waals surface area contributed by atoms with Gasteiger partial charge in [-0.3, -0.25) is 9.67 Å². The second-order valence-corrected chi connectivity index (χ2v) is 7.98. The van der Waals surface area contributed by atoms with E-state index in [1.807, 2.05) is 13.2 Å². The summed E-state index contributed by atoms with van der Waals surface area (Å²) in [6, 6.07) is 10.3. The topological polar surface area (TPSA) is 85.5 Å². The minimum atomic E-state index is -3.30. The molecule has 0 spiro atoms. The fourth-order valence-corrected chi connectivity index (χ4v) is 3.50. The first-order valence-corrected chi connectivity index (χ1v) is 10.5. The van der Waals surface area contributed by atoms with Crippen LogP contribution in [0.1, 0.15) is 6.92 Å². The standard InChI is InChI=1S/C24H25F2N5O3/c1-24(25,26)23(32)14-31(17-7-18(33-3)10-19(8-17)34-4)16-5-6-20-21(9-16)29-22(12-27-20)15-11-28-30(2)13-15/h5-13,23,32H,14H2,1-4H3. The molecule has 2 aromatic carbocycles. The van der Waals surface area contributed by atoms with Crippen LogP contribution >= 0.6 is 0 Å². The van der Waals surface area contributed by atoms with Crippen molar-refractivity contribution in [3.8, 4) is 22.8 Å². The zero-order valence-electron chi connectivity index (χ0n) is 19.2. The molecule has 34 heavy (non-hydrogen) atoms. The van der Waals surface area contributed by atoms with Crippen LogP contribution in [-0.2, 0) is 7.05 Å². The zero-order valence-corrected chi connectivity index (χ0v) is 19.2. The van der Waals surface area contributed by atoms with E-state index in [0.29, 0.717) is 46.5 Å². The van der Waals surface area contributed by atoms with Crippen LogP contribution in [0.3, 0.4) is 0 Å². The van der Waals surface area contributed by atoms with Gasteiger partial charge in [-0.2, -0.15) is 5.10 Å². The molecule has 2 heterocycles. The number of aliphatic hydroxyl groups excluding tert-OH is 1. The molecule has 0 amide bonds. The predicted molar refractivity (Wildman–Crippen MR) is 125 cm³/mol. The fraction of sp³-hybridized carbons (Fsp3) is 0.292. The highest BCUT2D eigenvalue weighted by Crippen LogP contribution is 2.35. The number of methoxy groups -OCH3 is 2. The highest BCUT2D eigenvalue weighted by atomic mass is 19.3. The third kappa shape index (κ3) is 4.91. The number of anilines is 2. The van der Waals surface area contributed by atoms with Crippen molar-refractivity contribution < 1.29 is 23.4 Å². The Labute approximate surface area is 195 Å². The molecule has 0 radical (unpaired) electrons. The maximum Gasteiger partial charge on any atom is 0.272 e. The van der Waals surface area contributed by atoms with Gasteiger partial charge in [0.2, 0.25) is 0 Å². The van der Waals surface area contributed by atoms with E-state index in [4.69, 9.17) is 9.47 Å². The molecular formula is C24H25F2N5O3. The molecule has 1 atom stereocenters. The quantitative estimate of drug-likeness (QED) is 0.414. The van der Waals surface area contributed by atoms with E-state index in [-0.39, 0.29) is 6.54 Å². The van der Waals surface area contributed by atoms with Gasteiger partial charge in [-0.1, -0.05) is 0 Å². The van der Waals surface area contributed by atoms with Crippen LogP contribution < -0.4 is 14.4 Å². The normalized spacial score (nSPS) is 12.6. The molecule has 0 aliphatic rings. The molecule has 0 saturated carbocycles. The number of alkyl halides is 2. The van der Waals surface area contributed by atoms with Crippen molar-refractivity contribution in [3.63, 3.8) is 0 Å². The molecule has 1 N–H and O–H groups in total. The minimum absolute atomic E-state index is 0.374. The lowest BCUT2D eigenvalue weighted by atomic mass is 10.1. The predicted octanol–water partition coefficient (Wildman–Crippen LogP) is 4.20. The summed E-state index contributed by atoms with van der Waals surface area (Å²) in [6.07, 6.45) is 3.25. The van der Waals surface area contributed by atoms with Crippen molar-refractivity contribution >= 4 is 22.4 Å². The molecule has 0 fully saturated rings. The van der Waals surface area contributed by atoms with E-state index in [9.17, 15) is 13.9 Å². The number of rotatable bonds is 8. The first-order chi connectivity index (χ1) is 16.2. The molecule has 178 valence electrons. The highest BCUT2D eigenvalue weighted by molar-refractivity contribution is 5.82. The molecule has 0 saturated heterocycles. The Kier molecular flexibility index (Phi) is 6.34. The molecular weight excluding hydrogens is 444 g/mol. The van der Waals surface area contributed by atoms with Gasteiger partial charge in [0.1, 0.15) is 17.6 Å². The third-order valence-corrected chi connectivity index (χ3v) is 5.43. The summed E-state index contributed by atoms with van der Waals surface area (Å²) in [5, 5.41) is 14.4. The van der Waals surface area contributed by atoms with Crippen molar-refractivity contribution in [2.75, 3.05) is 25.7 Å². The fourth-order valence-electron chi connectivity index (χ4n) is 3.50. The number of hydrogen-bond donors (Lipinski definition) is 1.